The highest BCUT2D eigenvalue weighted by Gasteiger charge is 2.47. The molecule has 148 valence electrons. The van der Waals surface area contributed by atoms with Gasteiger partial charge in [0.25, 0.3) is 5.91 Å². The molecule has 1 N–H and O–H groups in total. The van der Waals surface area contributed by atoms with Crippen LogP contribution < -0.4 is 4.72 Å². The standard InChI is InChI=1S/C20H21FN2O4S/c21-17-9-5-4-8-16(17)20(24)23-13-19-18(23)11-10-14(27-19)12-22-28(25,26)15-6-2-1-3-7-15/h1-9,14,18-19,22H,10-13H2/t14-,18+,19+/m1/s1. The van der Waals surface area contributed by atoms with Crippen molar-refractivity contribution in [3.05, 3.63) is 66.0 Å². The Morgan fingerprint density at radius 2 is 1.82 bits per heavy atom. The van der Waals surface area contributed by atoms with E-state index in [0.717, 1.165) is 0 Å². The molecule has 0 aromatic heterocycles. The second-order valence-corrected chi connectivity index (χ2v) is 8.81. The number of rotatable bonds is 5. The van der Waals surface area contributed by atoms with E-state index in [1.165, 1.54) is 24.3 Å². The number of benzene rings is 2. The van der Waals surface area contributed by atoms with Crippen LogP contribution >= 0.6 is 0 Å². The molecule has 1 amide bonds. The van der Waals surface area contributed by atoms with Crippen molar-refractivity contribution >= 4 is 15.9 Å². The van der Waals surface area contributed by atoms with Crippen molar-refractivity contribution in [2.45, 2.75) is 36.0 Å². The summed E-state index contributed by atoms with van der Waals surface area (Å²) >= 11 is 0. The van der Waals surface area contributed by atoms with Gasteiger partial charge < -0.3 is 9.64 Å². The van der Waals surface area contributed by atoms with E-state index < -0.39 is 15.8 Å². The molecule has 4 rings (SSSR count). The number of carbonyl (C=O) groups excluding carboxylic acids is 1. The van der Waals surface area contributed by atoms with Crippen LogP contribution in [0.3, 0.4) is 0 Å². The number of carbonyl (C=O) groups is 1. The largest absolute Gasteiger partial charge is 0.370 e. The highest BCUT2D eigenvalue weighted by Crippen LogP contribution is 2.33. The van der Waals surface area contributed by atoms with Crippen molar-refractivity contribution < 1.29 is 22.3 Å². The van der Waals surface area contributed by atoms with Crippen molar-refractivity contribution in [1.82, 2.24) is 9.62 Å². The molecule has 2 aromatic carbocycles. The lowest BCUT2D eigenvalue weighted by Gasteiger charge is -2.52. The molecule has 2 aromatic rings. The average molecular weight is 404 g/mol. The van der Waals surface area contributed by atoms with Crippen LogP contribution in [0, 0.1) is 5.82 Å². The molecule has 2 fully saturated rings. The van der Waals surface area contributed by atoms with Crippen molar-refractivity contribution in [2.75, 3.05) is 13.1 Å². The number of nitrogens with one attached hydrogen (secondary N) is 1. The Balaban J connectivity index is 1.32. The molecular formula is C20H21FN2O4S. The Bertz CT molecular complexity index is 967. The summed E-state index contributed by atoms with van der Waals surface area (Å²) in [5.74, 6) is -0.855. The highest BCUT2D eigenvalue weighted by molar-refractivity contribution is 7.89. The van der Waals surface area contributed by atoms with Gasteiger partial charge in [-0.2, -0.15) is 0 Å². The monoisotopic (exact) mass is 404 g/mol. The highest BCUT2D eigenvalue weighted by atomic mass is 32.2. The van der Waals surface area contributed by atoms with Gasteiger partial charge in [-0.3, -0.25) is 4.79 Å². The topological polar surface area (TPSA) is 75.7 Å². The van der Waals surface area contributed by atoms with Crippen LogP contribution in [0.4, 0.5) is 4.39 Å². The fourth-order valence-electron chi connectivity index (χ4n) is 3.72. The Morgan fingerprint density at radius 3 is 2.54 bits per heavy atom. The fraction of sp³-hybridized carbons (Fsp3) is 0.350. The van der Waals surface area contributed by atoms with Gasteiger partial charge in [-0.15, -0.1) is 0 Å². The zero-order valence-corrected chi connectivity index (χ0v) is 15.9. The van der Waals surface area contributed by atoms with E-state index in [9.17, 15) is 17.6 Å². The maximum Gasteiger partial charge on any atom is 0.257 e. The first-order valence-corrected chi connectivity index (χ1v) is 10.7. The van der Waals surface area contributed by atoms with Crippen LogP contribution in [0.25, 0.3) is 0 Å². The molecular weight excluding hydrogens is 383 g/mol. The van der Waals surface area contributed by atoms with Gasteiger partial charge in [-0.05, 0) is 37.1 Å². The number of hydrogen-bond donors (Lipinski definition) is 1. The maximum atomic E-state index is 13.9. The lowest BCUT2D eigenvalue weighted by atomic mass is 9.89. The molecule has 3 atom stereocenters. The molecule has 2 aliphatic heterocycles. The van der Waals surface area contributed by atoms with E-state index in [4.69, 9.17) is 4.74 Å². The Hall–Kier alpha value is -2.29. The third kappa shape index (κ3) is 3.67. The normalized spacial score (nSPS) is 24.3. The minimum Gasteiger partial charge on any atom is -0.370 e. The first kappa shape index (κ1) is 19.0. The van der Waals surface area contributed by atoms with Gasteiger partial charge >= 0.3 is 0 Å². The van der Waals surface area contributed by atoms with Gasteiger partial charge in [-0.25, -0.2) is 17.5 Å². The van der Waals surface area contributed by atoms with E-state index in [0.29, 0.717) is 19.4 Å². The van der Waals surface area contributed by atoms with Crippen LogP contribution in [0.1, 0.15) is 23.2 Å². The number of amides is 1. The van der Waals surface area contributed by atoms with Crippen molar-refractivity contribution in [1.29, 1.82) is 0 Å². The van der Waals surface area contributed by atoms with Gasteiger partial charge in [0.1, 0.15) is 5.82 Å². The lowest BCUT2D eigenvalue weighted by molar-refractivity contribution is -0.149. The van der Waals surface area contributed by atoms with Gasteiger partial charge in [0.05, 0.1) is 28.7 Å². The van der Waals surface area contributed by atoms with Crippen molar-refractivity contribution in [3.63, 3.8) is 0 Å². The molecule has 0 saturated carbocycles. The first-order chi connectivity index (χ1) is 13.5. The van der Waals surface area contributed by atoms with Crippen molar-refractivity contribution in [3.8, 4) is 0 Å². The number of fused-ring (bicyclic) bond motifs is 1. The van der Waals surface area contributed by atoms with Crippen LogP contribution in [-0.4, -0.2) is 50.6 Å². The maximum absolute atomic E-state index is 13.9. The minimum absolute atomic E-state index is 0.0682. The van der Waals surface area contributed by atoms with Gasteiger partial charge in [-0.1, -0.05) is 30.3 Å². The predicted molar refractivity (Wildman–Crippen MR) is 101 cm³/mol. The number of likely N-dealkylation sites (tertiary alicyclic amines) is 1. The molecule has 2 aliphatic rings. The molecule has 8 heteroatoms. The lowest BCUT2D eigenvalue weighted by Crippen LogP contribution is -2.66. The third-order valence-corrected chi connectivity index (χ3v) is 6.72. The number of ether oxygens (including phenoxy) is 1. The zero-order chi connectivity index (χ0) is 19.7. The summed E-state index contributed by atoms with van der Waals surface area (Å²) in [6.45, 7) is 0.571. The van der Waals surface area contributed by atoms with Crippen molar-refractivity contribution in [2.24, 2.45) is 0 Å². The summed E-state index contributed by atoms with van der Waals surface area (Å²) in [6, 6.07) is 14.0. The summed E-state index contributed by atoms with van der Waals surface area (Å²) in [5.41, 5.74) is 0.0682. The Labute approximate surface area is 163 Å². The fourth-order valence-corrected chi connectivity index (χ4v) is 4.81. The summed E-state index contributed by atoms with van der Waals surface area (Å²) in [4.78, 5) is 14.4. The molecule has 2 saturated heterocycles. The molecule has 0 spiro atoms. The Kier molecular flexibility index (Phi) is 5.18. The molecule has 6 nitrogen and oxygen atoms in total. The smallest absolute Gasteiger partial charge is 0.257 e. The molecule has 0 unspecified atom stereocenters. The van der Waals surface area contributed by atoms with E-state index in [1.54, 1.807) is 35.2 Å². The number of halogens is 1. The van der Waals surface area contributed by atoms with Crippen LogP contribution in [0.5, 0.6) is 0 Å². The zero-order valence-electron chi connectivity index (χ0n) is 15.1. The summed E-state index contributed by atoms with van der Waals surface area (Å²) in [5, 5.41) is 0. The SMILES string of the molecule is O=C(c1ccccc1F)N1C[C@@H]2O[C@@H](CNS(=O)(=O)c3ccccc3)CC[C@@H]21. The minimum atomic E-state index is -3.57. The third-order valence-electron chi connectivity index (χ3n) is 5.28. The van der Waals surface area contributed by atoms with Gasteiger partial charge in [0.15, 0.2) is 0 Å². The number of nitrogens with zero attached hydrogens (tertiary/aromatic N) is 1. The molecule has 2 heterocycles. The van der Waals surface area contributed by atoms with Crippen LogP contribution in [0.15, 0.2) is 59.5 Å². The number of hydrogen-bond acceptors (Lipinski definition) is 4. The molecule has 0 radical (unpaired) electrons. The van der Waals surface area contributed by atoms with E-state index in [2.05, 4.69) is 4.72 Å². The number of sulfonamides is 1. The predicted octanol–water partition coefficient (Wildman–Crippen LogP) is 2.18. The second-order valence-electron chi connectivity index (χ2n) is 7.04. The molecule has 0 aliphatic carbocycles. The van der Waals surface area contributed by atoms with E-state index in [1.807, 2.05) is 0 Å². The quantitative estimate of drug-likeness (QED) is 0.829. The first-order valence-electron chi connectivity index (χ1n) is 9.21. The van der Waals surface area contributed by atoms with E-state index >= 15 is 0 Å². The average Bonchev–Trinajstić information content (AvgIpc) is 2.68. The van der Waals surface area contributed by atoms with Gasteiger partial charge in [0.2, 0.25) is 10.0 Å². The van der Waals surface area contributed by atoms with E-state index in [-0.39, 0.29) is 41.2 Å². The summed E-state index contributed by atoms with van der Waals surface area (Å²) in [7, 11) is -3.57. The molecule has 0 bridgehead atoms. The molecule has 28 heavy (non-hydrogen) atoms. The summed E-state index contributed by atoms with van der Waals surface area (Å²) in [6.07, 6.45) is 0.934. The van der Waals surface area contributed by atoms with Crippen LogP contribution in [-0.2, 0) is 14.8 Å². The van der Waals surface area contributed by atoms with Gasteiger partial charge in [0, 0.05) is 13.1 Å². The second kappa shape index (κ2) is 7.62. The van der Waals surface area contributed by atoms with Crippen LogP contribution in [0.2, 0.25) is 0 Å². The summed E-state index contributed by atoms with van der Waals surface area (Å²) < 4.78 is 47.0. The Morgan fingerprint density at radius 1 is 1.11 bits per heavy atom.